The van der Waals surface area contributed by atoms with Crippen molar-refractivity contribution in [2.45, 2.75) is 83.8 Å². The van der Waals surface area contributed by atoms with Gasteiger partial charge >= 0.3 is 0 Å². The molecular formula is C15H29NO2. The largest absolute Gasteiger partial charge is 0.388 e. The maximum atomic E-state index is 12.1. The molecule has 1 amide bonds. The van der Waals surface area contributed by atoms with Crippen LogP contribution in [0.15, 0.2) is 0 Å². The Bertz CT molecular complexity index is 271. The predicted molar refractivity (Wildman–Crippen MR) is 74.3 cm³/mol. The molecule has 3 nitrogen and oxygen atoms in total. The molecule has 0 atom stereocenters. The lowest BCUT2D eigenvalue weighted by atomic mass is 9.85. The maximum Gasteiger partial charge on any atom is 0.220 e. The van der Waals surface area contributed by atoms with Gasteiger partial charge in [0.15, 0.2) is 0 Å². The van der Waals surface area contributed by atoms with Crippen LogP contribution >= 0.6 is 0 Å². The van der Waals surface area contributed by atoms with E-state index < -0.39 is 11.1 Å². The molecule has 1 saturated carbocycles. The lowest BCUT2D eigenvalue weighted by molar-refractivity contribution is -0.127. The highest BCUT2D eigenvalue weighted by Crippen LogP contribution is 2.26. The summed E-state index contributed by atoms with van der Waals surface area (Å²) in [5.74, 6) is 0.610. The van der Waals surface area contributed by atoms with Crippen molar-refractivity contribution in [3.63, 3.8) is 0 Å². The van der Waals surface area contributed by atoms with E-state index in [1.165, 1.54) is 38.5 Å². The van der Waals surface area contributed by atoms with E-state index in [4.69, 9.17) is 0 Å². The second-order valence-electron chi connectivity index (χ2n) is 6.79. The fourth-order valence-corrected chi connectivity index (χ4v) is 2.38. The summed E-state index contributed by atoms with van der Waals surface area (Å²) in [6.07, 6.45) is 8.10. The molecule has 0 spiro atoms. The zero-order valence-corrected chi connectivity index (χ0v) is 12.4. The van der Waals surface area contributed by atoms with Crippen LogP contribution in [-0.4, -0.2) is 22.2 Å². The molecular weight excluding hydrogens is 226 g/mol. The normalized spacial score (nSPS) is 19.4. The highest BCUT2D eigenvalue weighted by atomic mass is 16.3. The molecule has 0 aromatic rings. The van der Waals surface area contributed by atoms with E-state index in [1.807, 2.05) is 13.8 Å². The third kappa shape index (κ3) is 4.60. The van der Waals surface area contributed by atoms with Crippen molar-refractivity contribution in [3.8, 4) is 0 Å². The van der Waals surface area contributed by atoms with Gasteiger partial charge in [0.25, 0.3) is 0 Å². The van der Waals surface area contributed by atoms with Gasteiger partial charge in [0.05, 0.1) is 11.1 Å². The van der Waals surface area contributed by atoms with E-state index in [9.17, 15) is 9.90 Å². The topological polar surface area (TPSA) is 49.3 Å². The number of hydrogen-bond donors (Lipinski definition) is 2. The van der Waals surface area contributed by atoms with Crippen molar-refractivity contribution < 1.29 is 9.90 Å². The van der Waals surface area contributed by atoms with Crippen LogP contribution in [0.5, 0.6) is 0 Å². The lowest BCUT2D eigenvalue weighted by Gasteiger charge is -2.38. The van der Waals surface area contributed by atoms with Gasteiger partial charge in [0.1, 0.15) is 0 Å². The summed E-state index contributed by atoms with van der Waals surface area (Å²) in [5, 5.41) is 13.0. The molecule has 0 unspecified atom stereocenters. The standard InChI is InChI=1S/C15H29NO2/c1-14(2,15(3,4)18)16-13(17)11-12-9-7-5-6-8-10-12/h12,18H,5-11H2,1-4H3,(H,16,17). The van der Waals surface area contributed by atoms with Gasteiger partial charge in [-0.1, -0.05) is 25.7 Å². The molecule has 106 valence electrons. The Morgan fingerprint density at radius 3 is 2.06 bits per heavy atom. The quantitative estimate of drug-likeness (QED) is 0.759. The van der Waals surface area contributed by atoms with E-state index in [0.717, 1.165) is 0 Å². The van der Waals surface area contributed by atoms with Crippen molar-refractivity contribution in [1.82, 2.24) is 5.32 Å². The minimum absolute atomic E-state index is 0.0778. The first-order valence-corrected chi connectivity index (χ1v) is 7.26. The summed E-state index contributed by atoms with van der Waals surface area (Å²) >= 11 is 0. The zero-order valence-electron chi connectivity index (χ0n) is 12.4. The number of carbonyl (C=O) groups is 1. The Kier molecular flexibility index (Phi) is 5.20. The molecule has 0 radical (unpaired) electrons. The molecule has 18 heavy (non-hydrogen) atoms. The third-order valence-electron chi connectivity index (χ3n) is 4.43. The Morgan fingerprint density at radius 1 is 1.11 bits per heavy atom. The van der Waals surface area contributed by atoms with Crippen molar-refractivity contribution in [3.05, 3.63) is 0 Å². The van der Waals surface area contributed by atoms with Crippen LogP contribution in [0.25, 0.3) is 0 Å². The average Bonchev–Trinajstić information content (AvgIpc) is 2.43. The van der Waals surface area contributed by atoms with Crippen LogP contribution in [-0.2, 0) is 4.79 Å². The van der Waals surface area contributed by atoms with Crippen molar-refractivity contribution in [2.75, 3.05) is 0 Å². The molecule has 0 aliphatic heterocycles. The second-order valence-corrected chi connectivity index (χ2v) is 6.79. The lowest BCUT2D eigenvalue weighted by Crippen LogP contribution is -2.57. The minimum atomic E-state index is -0.911. The number of rotatable bonds is 4. The molecule has 2 N–H and O–H groups in total. The molecule has 0 saturated heterocycles. The number of carbonyl (C=O) groups excluding carboxylic acids is 1. The molecule has 0 heterocycles. The smallest absolute Gasteiger partial charge is 0.220 e. The van der Waals surface area contributed by atoms with Crippen molar-refractivity contribution in [2.24, 2.45) is 5.92 Å². The number of hydrogen-bond acceptors (Lipinski definition) is 2. The first kappa shape index (κ1) is 15.5. The summed E-state index contributed by atoms with van der Waals surface area (Å²) in [6, 6.07) is 0. The van der Waals surface area contributed by atoms with Gasteiger partial charge < -0.3 is 10.4 Å². The Morgan fingerprint density at radius 2 is 1.61 bits per heavy atom. The molecule has 0 aromatic carbocycles. The fourth-order valence-electron chi connectivity index (χ4n) is 2.38. The Balaban J connectivity index is 2.45. The number of aliphatic hydroxyl groups is 1. The first-order chi connectivity index (χ1) is 8.22. The molecule has 1 rings (SSSR count). The predicted octanol–water partition coefficient (Wildman–Crippen LogP) is 3.01. The number of nitrogens with one attached hydrogen (secondary N) is 1. The average molecular weight is 255 g/mol. The van der Waals surface area contributed by atoms with Crippen LogP contribution in [0, 0.1) is 5.92 Å². The molecule has 0 bridgehead atoms. The Labute approximate surface area is 111 Å². The molecule has 1 aliphatic rings. The van der Waals surface area contributed by atoms with Gasteiger partial charge in [0.2, 0.25) is 5.91 Å². The van der Waals surface area contributed by atoms with Gasteiger partial charge in [-0.15, -0.1) is 0 Å². The van der Waals surface area contributed by atoms with Crippen LogP contribution < -0.4 is 5.32 Å². The van der Waals surface area contributed by atoms with Gasteiger partial charge in [-0.25, -0.2) is 0 Å². The van der Waals surface area contributed by atoms with Crippen LogP contribution in [0.3, 0.4) is 0 Å². The summed E-state index contributed by atoms with van der Waals surface area (Å²) in [6.45, 7) is 7.22. The van der Waals surface area contributed by atoms with E-state index >= 15 is 0 Å². The highest BCUT2D eigenvalue weighted by Gasteiger charge is 2.36. The van der Waals surface area contributed by atoms with Crippen LogP contribution in [0.4, 0.5) is 0 Å². The van der Waals surface area contributed by atoms with E-state index in [1.54, 1.807) is 13.8 Å². The second kappa shape index (κ2) is 6.05. The molecule has 3 heteroatoms. The van der Waals surface area contributed by atoms with Gasteiger partial charge in [-0.05, 0) is 46.5 Å². The number of amides is 1. The van der Waals surface area contributed by atoms with Gasteiger partial charge in [0, 0.05) is 6.42 Å². The van der Waals surface area contributed by atoms with Crippen molar-refractivity contribution in [1.29, 1.82) is 0 Å². The fraction of sp³-hybridized carbons (Fsp3) is 0.933. The Hall–Kier alpha value is -0.570. The minimum Gasteiger partial charge on any atom is -0.388 e. The first-order valence-electron chi connectivity index (χ1n) is 7.26. The van der Waals surface area contributed by atoms with Crippen molar-refractivity contribution >= 4 is 5.91 Å². The summed E-state index contributed by atoms with van der Waals surface area (Å²) in [5.41, 5.74) is -1.50. The van der Waals surface area contributed by atoms with Gasteiger partial charge in [-0.2, -0.15) is 0 Å². The van der Waals surface area contributed by atoms with E-state index in [-0.39, 0.29) is 5.91 Å². The molecule has 1 fully saturated rings. The molecule has 1 aliphatic carbocycles. The highest BCUT2D eigenvalue weighted by molar-refractivity contribution is 5.77. The van der Waals surface area contributed by atoms with Gasteiger partial charge in [-0.3, -0.25) is 4.79 Å². The maximum absolute atomic E-state index is 12.1. The van der Waals surface area contributed by atoms with Crippen LogP contribution in [0.1, 0.15) is 72.6 Å². The third-order valence-corrected chi connectivity index (χ3v) is 4.43. The van der Waals surface area contributed by atoms with Crippen LogP contribution in [0.2, 0.25) is 0 Å². The summed E-state index contributed by atoms with van der Waals surface area (Å²) < 4.78 is 0. The molecule has 0 aromatic heterocycles. The van der Waals surface area contributed by atoms with E-state index in [0.29, 0.717) is 12.3 Å². The zero-order chi connectivity index (χ0) is 13.8. The van der Waals surface area contributed by atoms with E-state index in [2.05, 4.69) is 5.32 Å². The summed E-state index contributed by atoms with van der Waals surface area (Å²) in [7, 11) is 0. The SMILES string of the molecule is CC(C)(O)C(C)(C)NC(=O)CC1CCCCCC1. The monoisotopic (exact) mass is 255 g/mol. The summed E-state index contributed by atoms with van der Waals surface area (Å²) in [4.78, 5) is 12.1.